The minimum absolute atomic E-state index is 0.142. The zero-order valence-corrected chi connectivity index (χ0v) is 22.8. The highest BCUT2D eigenvalue weighted by Gasteiger charge is 2.39. The number of aliphatic hydroxyl groups is 1. The van der Waals surface area contributed by atoms with E-state index in [-0.39, 0.29) is 12.4 Å². The van der Waals surface area contributed by atoms with Gasteiger partial charge in [0.2, 0.25) is 0 Å². The fourth-order valence-corrected chi connectivity index (χ4v) is 4.81. The monoisotopic (exact) mass is 547 g/mol. The number of hydrogen-bond acceptors (Lipinski definition) is 4. The van der Waals surface area contributed by atoms with Gasteiger partial charge in [-0.1, -0.05) is 78.9 Å². The van der Waals surface area contributed by atoms with Crippen LogP contribution in [-0.4, -0.2) is 21.8 Å². The normalized spacial score (nSPS) is 11.5. The number of carbonyl (C=O) groups is 1. The molecule has 0 saturated carbocycles. The first-order chi connectivity index (χ1) is 19.9. The number of nitrogens with one attached hydrogen (secondary N) is 1. The molecule has 6 nitrogen and oxygen atoms in total. The number of rotatable bonds is 9. The van der Waals surface area contributed by atoms with Gasteiger partial charge in [-0.2, -0.15) is 5.10 Å². The van der Waals surface area contributed by atoms with Crippen molar-refractivity contribution in [2.75, 3.05) is 0 Å². The van der Waals surface area contributed by atoms with Crippen LogP contribution >= 0.6 is 0 Å². The van der Waals surface area contributed by atoms with Gasteiger partial charge in [0.15, 0.2) is 5.60 Å². The number of halogens is 1. The number of amides is 1. The minimum atomic E-state index is -1.91. The number of hydrogen-bond donors (Lipinski definition) is 2. The van der Waals surface area contributed by atoms with Crippen LogP contribution in [0.25, 0.3) is 5.69 Å². The lowest BCUT2D eigenvalue weighted by Crippen LogP contribution is -2.43. The summed E-state index contributed by atoms with van der Waals surface area (Å²) in [7, 11) is 0. The average molecular weight is 548 g/mol. The van der Waals surface area contributed by atoms with E-state index in [2.05, 4.69) is 15.1 Å². The van der Waals surface area contributed by atoms with Gasteiger partial charge in [-0.25, -0.2) is 9.82 Å². The molecule has 0 atom stereocenters. The molecule has 41 heavy (non-hydrogen) atoms. The topological polar surface area (TPSA) is 75.9 Å². The number of aryl methyl sites for hydroxylation is 1. The molecule has 1 aromatic heterocycles. The van der Waals surface area contributed by atoms with E-state index in [1.165, 1.54) is 6.07 Å². The summed E-state index contributed by atoms with van der Waals surface area (Å²) in [5.41, 5.74) is 5.63. The van der Waals surface area contributed by atoms with E-state index in [0.717, 1.165) is 22.6 Å². The third kappa shape index (κ3) is 5.81. The summed E-state index contributed by atoms with van der Waals surface area (Å²) in [6.07, 6.45) is 1.57. The molecule has 0 saturated heterocycles. The second-order valence-corrected chi connectivity index (χ2v) is 9.68. The summed E-state index contributed by atoms with van der Waals surface area (Å²) in [5.74, 6) is -0.322. The van der Waals surface area contributed by atoms with E-state index in [0.29, 0.717) is 22.4 Å². The van der Waals surface area contributed by atoms with Crippen LogP contribution in [0, 0.1) is 19.7 Å². The third-order valence-electron chi connectivity index (χ3n) is 7.00. The molecule has 0 aliphatic carbocycles. The lowest BCUT2D eigenvalue weighted by Gasteiger charge is -2.27. The summed E-state index contributed by atoms with van der Waals surface area (Å²) >= 11 is 0. The van der Waals surface area contributed by atoms with Crippen molar-refractivity contribution in [2.24, 2.45) is 5.10 Å². The molecule has 0 unspecified atom stereocenters. The van der Waals surface area contributed by atoms with Crippen LogP contribution in [0.4, 0.5) is 4.39 Å². The molecule has 0 aliphatic rings. The maximum absolute atomic E-state index is 13.9. The van der Waals surface area contributed by atoms with Gasteiger partial charge in [-0.05, 0) is 61.4 Å². The molecular weight excluding hydrogens is 517 g/mol. The van der Waals surface area contributed by atoms with Crippen LogP contribution < -0.4 is 10.2 Å². The fraction of sp³-hybridized carbons (Fsp3) is 0.118. The molecule has 0 fully saturated rings. The predicted molar refractivity (Wildman–Crippen MR) is 158 cm³/mol. The number of benzene rings is 4. The Kier molecular flexibility index (Phi) is 8.08. The molecule has 0 bridgehead atoms. The second kappa shape index (κ2) is 12.0. The molecule has 1 amide bonds. The van der Waals surface area contributed by atoms with E-state index >= 15 is 0 Å². The van der Waals surface area contributed by atoms with Crippen molar-refractivity contribution in [1.82, 2.24) is 9.99 Å². The van der Waals surface area contributed by atoms with Crippen LogP contribution in [0.15, 0.2) is 120 Å². The van der Waals surface area contributed by atoms with E-state index in [1.54, 1.807) is 72.9 Å². The van der Waals surface area contributed by atoms with Crippen LogP contribution in [0.5, 0.6) is 5.75 Å². The molecule has 0 spiro atoms. The molecule has 0 radical (unpaired) electrons. The van der Waals surface area contributed by atoms with Crippen molar-refractivity contribution >= 4 is 12.1 Å². The van der Waals surface area contributed by atoms with Gasteiger partial charge >= 0.3 is 0 Å². The van der Waals surface area contributed by atoms with Crippen molar-refractivity contribution in [3.05, 3.63) is 155 Å². The van der Waals surface area contributed by atoms with E-state index in [1.807, 2.05) is 56.3 Å². The predicted octanol–water partition coefficient (Wildman–Crippen LogP) is 6.20. The zero-order valence-electron chi connectivity index (χ0n) is 22.8. The summed E-state index contributed by atoms with van der Waals surface area (Å²) in [5, 5.41) is 15.8. The number of carbonyl (C=O) groups excluding carboxylic acids is 1. The summed E-state index contributed by atoms with van der Waals surface area (Å²) in [6, 6.07) is 33.6. The number of aromatic nitrogens is 1. The molecule has 5 rings (SSSR count). The van der Waals surface area contributed by atoms with Gasteiger partial charge in [0.1, 0.15) is 18.2 Å². The van der Waals surface area contributed by atoms with E-state index in [4.69, 9.17) is 4.74 Å². The summed E-state index contributed by atoms with van der Waals surface area (Å²) in [4.78, 5) is 13.3. The minimum Gasteiger partial charge on any atom is -0.489 e. The molecular formula is C34H30FN3O3. The Balaban J connectivity index is 1.31. The quantitative estimate of drug-likeness (QED) is 0.171. The van der Waals surface area contributed by atoms with Crippen molar-refractivity contribution in [2.45, 2.75) is 26.1 Å². The van der Waals surface area contributed by atoms with Gasteiger partial charge in [0.25, 0.3) is 5.91 Å². The lowest BCUT2D eigenvalue weighted by molar-refractivity contribution is -0.136. The Bertz CT molecular complexity index is 1620. The lowest BCUT2D eigenvalue weighted by atomic mass is 9.85. The Labute approximate surface area is 238 Å². The number of nitrogens with zero attached hydrogens (tertiary/aromatic N) is 2. The van der Waals surface area contributed by atoms with Crippen molar-refractivity contribution < 1.29 is 19.0 Å². The van der Waals surface area contributed by atoms with Gasteiger partial charge in [-0.3, -0.25) is 4.79 Å². The van der Waals surface area contributed by atoms with E-state index < -0.39 is 11.5 Å². The average Bonchev–Trinajstić information content (AvgIpc) is 3.29. The largest absolute Gasteiger partial charge is 0.489 e. The maximum Gasteiger partial charge on any atom is 0.281 e. The Morgan fingerprint density at radius 2 is 1.49 bits per heavy atom. The highest BCUT2D eigenvalue weighted by Crippen LogP contribution is 2.30. The Morgan fingerprint density at radius 3 is 2.10 bits per heavy atom. The Morgan fingerprint density at radius 1 is 0.902 bits per heavy atom. The molecule has 206 valence electrons. The van der Waals surface area contributed by atoms with Crippen LogP contribution in [0.1, 0.15) is 33.6 Å². The number of hydrazone groups is 1. The first kappa shape index (κ1) is 27.6. The van der Waals surface area contributed by atoms with Crippen molar-refractivity contribution in [3.63, 3.8) is 0 Å². The molecule has 1 heterocycles. The van der Waals surface area contributed by atoms with Crippen molar-refractivity contribution in [3.8, 4) is 11.4 Å². The first-order valence-electron chi connectivity index (χ1n) is 13.2. The van der Waals surface area contributed by atoms with Crippen LogP contribution in [-0.2, 0) is 17.0 Å². The third-order valence-corrected chi connectivity index (χ3v) is 7.00. The molecule has 4 aromatic carbocycles. The zero-order chi connectivity index (χ0) is 28.8. The Hall–Kier alpha value is -5.01. The molecule has 2 N–H and O–H groups in total. The highest BCUT2D eigenvalue weighted by molar-refractivity contribution is 5.91. The van der Waals surface area contributed by atoms with Gasteiger partial charge < -0.3 is 14.4 Å². The fourth-order valence-electron chi connectivity index (χ4n) is 4.81. The van der Waals surface area contributed by atoms with Gasteiger partial charge in [-0.15, -0.1) is 0 Å². The molecule has 5 aromatic rings. The SMILES string of the molecule is Cc1cc(/C=N/NC(=O)C(O)(c2ccccc2)c2ccccc2)c(C)n1-c1ccc(OCc2ccccc2F)cc1. The molecule has 0 aliphatic heterocycles. The first-order valence-corrected chi connectivity index (χ1v) is 13.2. The summed E-state index contributed by atoms with van der Waals surface area (Å²) in [6.45, 7) is 4.09. The van der Waals surface area contributed by atoms with Crippen molar-refractivity contribution in [1.29, 1.82) is 0 Å². The maximum atomic E-state index is 13.9. The van der Waals surface area contributed by atoms with Gasteiger partial charge in [0, 0.05) is 28.2 Å². The van der Waals surface area contributed by atoms with Crippen LogP contribution in [0.3, 0.4) is 0 Å². The molecule has 7 heteroatoms. The number of ether oxygens (including phenoxy) is 1. The highest BCUT2D eigenvalue weighted by atomic mass is 19.1. The van der Waals surface area contributed by atoms with Crippen LogP contribution in [0.2, 0.25) is 0 Å². The van der Waals surface area contributed by atoms with Gasteiger partial charge in [0.05, 0.1) is 6.21 Å². The summed E-state index contributed by atoms with van der Waals surface area (Å²) < 4.78 is 21.7. The second-order valence-electron chi connectivity index (χ2n) is 9.68. The smallest absolute Gasteiger partial charge is 0.281 e. The van der Waals surface area contributed by atoms with E-state index in [9.17, 15) is 14.3 Å². The standard InChI is InChI=1S/C34H30FN3O3/c1-24-21-27(22-36-37-33(39)34(40,28-12-5-3-6-13-28)29-14-7-4-8-15-29)25(2)38(24)30-17-19-31(20-18-30)41-23-26-11-9-10-16-32(26)35/h3-22,40H,23H2,1-2H3,(H,37,39)/b36-22+.